The predicted octanol–water partition coefficient (Wildman–Crippen LogP) is 15.3. The summed E-state index contributed by atoms with van der Waals surface area (Å²) >= 11 is 0. The molecule has 0 N–H and O–H groups in total. The molecule has 0 saturated heterocycles. The maximum absolute atomic E-state index is 15.0. The van der Waals surface area contributed by atoms with Crippen LogP contribution in [-0.2, 0) is 9.98 Å². The summed E-state index contributed by atoms with van der Waals surface area (Å²) in [4.78, 5) is 0. The van der Waals surface area contributed by atoms with Crippen LogP contribution in [0.15, 0.2) is 224 Å². The topological polar surface area (TPSA) is 17.1 Å². The van der Waals surface area contributed by atoms with Crippen LogP contribution < -0.4 is 15.9 Å². The Balaban J connectivity index is 1.04. The van der Waals surface area contributed by atoms with Crippen LogP contribution in [0.4, 0.5) is 8.78 Å². The highest BCUT2D eigenvalue weighted by molar-refractivity contribution is 7.85. The van der Waals surface area contributed by atoms with Gasteiger partial charge in [0.1, 0.15) is 11.6 Å². The minimum Gasteiger partial charge on any atom is -0.309 e. The maximum Gasteiger partial charge on any atom is 0.171 e. The Bertz CT molecular complexity index is 3000. The van der Waals surface area contributed by atoms with Crippen LogP contribution in [0.25, 0.3) is 39.1 Å². The number of fused-ring (bicyclic) bond motifs is 1. The van der Waals surface area contributed by atoms with E-state index in [1.54, 1.807) is 0 Å². The molecular weight excluding hydrogens is 818 g/mol. The molecule has 0 aromatic heterocycles. The highest BCUT2D eigenvalue weighted by Crippen LogP contribution is 2.46. The monoisotopic (exact) mass is 868 g/mol. The predicted molar refractivity (Wildman–Crippen MR) is 270 cm³/mol. The Hall–Kier alpha value is -6.93. The van der Waals surface area contributed by atoms with Gasteiger partial charge in [0.15, 0.2) is 7.14 Å². The lowest BCUT2D eigenvalue weighted by Crippen LogP contribution is -2.30. The van der Waals surface area contributed by atoms with Crippen LogP contribution in [0.3, 0.4) is 0 Å². The summed E-state index contributed by atoms with van der Waals surface area (Å²) < 4.78 is 44.3. The lowest BCUT2D eigenvalue weighted by Gasteiger charge is -2.37. The van der Waals surface area contributed by atoms with Crippen LogP contribution in [0.1, 0.15) is 54.0 Å². The zero-order valence-corrected chi connectivity index (χ0v) is 37.6. The summed E-state index contributed by atoms with van der Waals surface area (Å²) in [5.74, 6) is -0.308. The molecule has 0 aliphatic carbocycles. The quantitative estimate of drug-likeness (QED) is 0.0786. The zero-order chi connectivity index (χ0) is 44.8. The Morgan fingerprint density at radius 3 is 1.51 bits per heavy atom. The van der Waals surface area contributed by atoms with Crippen molar-refractivity contribution in [1.29, 1.82) is 0 Å². The van der Waals surface area contributed by atoms with E-state index >= 15 is 4.57 Å². The van der Waals surface area contributed by atoms with E-state index in [1.807, 2.05) is 109 Å². The molecule has 9 aromatic carbocycles. The normalized spacial score (nSPS) is 12.4. The van der Waals surface area contributed by atoms with Gasteiger partial charge in [0.2, 0.25) is 0 Å². The molecule has 1 unspecified atom stereocenters. The molecule has 0 saturated carbocycles. The van der Waals surface area contributed by atoms with E-state index in [4.69, 9.17) is 0 Å². The Morgan fingerprint density at radius 2 is 0.969 bits per heavy atom. The van der Waals surface area contributed by atoms with Gasteiger partial charge in [-0.3, -0.25) is 0 Å². The molecule has 320 valence electrons. The van der Waals surface area contributed by atoms with Crippen LogP contribution in [0.2, 0.25) is 0 Å². The van der Waals surface area contributed by atoms with Crippen molar-refractivity contribution in [3.8, 4) is 22.3 Å². The average Bonchev–Trinajstić information content (AvgIpc) is 3.36. The first-order chi connectivity index (χ1) is 31.7. The molecule has 0 spiro atoms. The smallest absolute Gasteiger partial charge is 0.171 e. The van der Waals surface area contributed by atoms with E-state index in [0.717, 1.165) is 56.6 Å². The van der Waals surface area contributed by atoms with Gasteiger partial charge in [-0.05, 0) is 117 Å². The van der Waals surface area contributed by atoms with Crippen molar-refractivity contribution in [2.24, 2.45) is 5.92 Å². The first-order valence-corrected chi connectivity index (χ1v) is 24.1. The lowest BCUT2D eigenvalue weighted by atomic mass is 9.65. The molecule has 1 nitrogen and oxygen atoms in total. The maximum atomic E-state index is 15.0. The molecular formula is C61H51F2OP. The molecule has 0 aliphatic heterocycles. The van der Waals surface area contributed by atoms with Gasteiger partial charge in [-0.15, -0.1) is 0 Å². The number of allylic oxidation sites excluding steroid dienone is 1. The molecule has 1 atom stereocenters. The van der Waals surface area contributed by atoms with Crippen molar-refractivity contribution < 1.29 is 13.3 Å². The molecule has 0 fully saturated rings. The standard InChI is InChI=1S/C61H51F2OP/c1-44(15-14-24-58-45(2)43-49-18-12-13-23-59(49)60(58)48-16-6-3-7-17-48)41-42-61(51-31-35-53(62)36-32-51,52-33-37-54(63)38-34-52)50-29-25-46(26-30-50)47-27-39-57(40-28-47)65(64,55-19-8-4-9-20-55)56-21-10-5-11-22-56/h3-14,16-40,43-44H,15,41-42H2,1-2H3/b24-14-. The van der Waals surface area contributed by atoms with Crippen LogP contribution in [-0.4, -0.2) is 0 Å². The number of aryl methyl sites for hydroxylation is 1. The summed E-state index contributed by atoms with van der Waals surface area (Å²) in [6.45, 7) is 4.48. The van der Waals surface area contributed by atoms with E-state index in [-0.39, 0.29) is 11.6 Å². The van der Waals surface area contributed by atoms with Crippen molar-refractivity contribution in [3.63, 3.8) is 0 Å². The van der Waals surface area contributed by atoms with Crippen molar-refractivity contribution >= 4 is 39.9 Å². The van der Waals surface area contributed by atoms with Crippen LogP contribution in [0, 0.1) is 24.5 Å². The highest BCUT2D eigenvalue weighted by Gasteiger charge is 2.37. The molecule has 9 aromatic rings. The van der Waals surface area contributed by atoms with E-state index in [0.29, 0.717) is 12.3 Å². The van der Waals surface area contributed by atoms with Gasteiger partial charge in [0.25, 0.3) is 0 Å². The Labute approximate surface area is 382 Å². The van der Waals surface area contributed by atoms with Gasteiger partial charge in [0, 0.05) is 21.3 Å². The third kappa shape index (κ3) is 8.82. The van der Waals surface area contributed by atoms with Crippen molar-refractivity contribution in [2.75, 3.05) is 0 Å². The van der Waals surface area contributed by atoms with E-state index < -0.39 is 12.6 Å². The van der Waals surface area contributed by atoms with Crippen LogP contribution >= 0.6 is 7.14 Å². The molecule has 0 amide bonds. The minimum atomic E-state index is -3.12. The second-order valence-electron chi connectivity index (χ2n) is 17.2. The first-order valence-electron chi connectivity index (χ1n) is 22.4. The molecule has 65 heavy (non-hydrogen) atoms. The van der Waals surface area contributed by atoms with Gasteiger partial charge in [-0.2, -0.15) is 0 Å². The summed E-state index contributed by atoms with van der Waals surface area (Å²) in [5, 5.41) is 4.83. The first kappa shape index (κ1) is 43.3. The summed E-state index contributed by atoms with van der Waals surface area (Å²) in [6, 6.07) is 71.2. The molecule has 0 heterocycles. The number of benzene rings is 9. The Morgan fingerprint density at radius 1 is 0.523 bits per heavy atom. The summed E-state index contributed by atoms with van der Waals surface area (Å²) in [7, 11) is -3.12. The fraction of sp³-hybridized carbons (Fsp3) is 0.115. The van der Waals surface area contributed by atoms with Gasteiger partial charge in [0.05, 0.1) is 0 Å². The fourth-order valence-electron chi connectivity index (χ4n) is 9.57. The zero-order valence-electron chi connectivity index (χ0n) is 36.7. The Kier molecular flexibility index (Phi) is 12.7. The average molecular weight is 869 g/mol. The molecule has 0 radical (unpaired) electrons. The van der Waals surface area contributed by atoms with Gasteiger partial charge < -0.3 is 4.57 Å². The summed E-state index contributed by atoms with van der Waals surface area (Å²) in [6.07, 6.45) is 7.03. The highest BCUT2D eigenvalue weighted by atomic mass is 31.2. The second-order valence-corrected chi connectivity index (χ2v) is 19.9. The molecule has 4 heteroatoms. The number of halogens is 2. The fourth-order valence-corrected chi connectivity index (χ4v) is 12.2. The lowest BCUT2D eigenvalue weighted by molar-refractivity contribution is 0.442. The number of rotatable bonds is 14. The molecule has 0 aliphatic rings. The van der Waals surface area contributed by atoms with Crippen molar-refractivity contribution in [3.05, 3.63) is 264 Å². The minimum absolute atomic E-state index is 0.299. The number of hydrogen-bond donors (Lipinski definition) is 0. The van der Waals surface area contributed by atoms with Crippen molar-refractivity contribution in [2.45, 2.75) is 38.5 Å². The largest absolute Gasteiger partial charge is 0.309 e. The van der Waals surface area contributed by atoms with E-state index in [2.05, 4.69) is 111 Å². The number of hydrogen-bond acceptors (Lipinski definition) is 1. The van der Waals surface area contributed by atoms with E-state index in [1.165, 1.54) is 57.3 Å². The van der Waals surface area contributed by atoms with Crippen molar-refractivity contribution in [1.82, 2.24) is 0 Å². The van der Waals surface area contributed by atoms with Gasteiger partial charge in [-0.25, -0.2) is 8.78 Å². The third-order valence-corrected chi connectivity index (χ3v) is 16.1. The van der Waals surface area contributed by atoms with Gasteiger partial charge >= 0.3 is 0 Å². The summed E-state index contributed by atoms with van der Waals surface area (Å²) in [5.41, 5.74) is 9.15. The molecule has 0 bridgehead atoms. The second kappa shape index (κ2) is 19.0. The van der Waals surface area contributed by atoms with Gasteiger partial charge in [-0.1, -0.05) is 213 Å². The third-order valence-electron chi connectivity index (χ3n) is 13.0. The molecule has 9 rings (SSSR count). The SMILES string of the molecule is Cc1cc2ccccc2c(-c2ccccc2)c1/C=C\CC(C)CCC(c1ccc(F)cc1)(c1ccc(F)cc1)c1ccc(-c2ccc(P(=O)(c3ccccc3)c3ccccc3)cc2)cc1. The van der Waals surface area contributed by atoms with Crippen LogP contribution in [0.5, 0.6) is 0 Å². The van der Waals surface area contributed by atoms with E-state index in [9.17, 15) is 8.78 Å².